The minimum atomic E-state index is -0.437. The largest absolute Gasteiger partial charge is 0.492 e. The summed E-state index contributed by atoms with van der Waals surface area (Å²) in [5, 5.41) is 17.4. The molecule has 1 atom stereocenters. The van der Waals surface area contributed by atoms with Crippen molar-refractivity contribution in [2.45, 2.75) is 24.3 Å². The Morgan fingerprint density at radius 2 is 1.97 bits per heavy atom. The molecule has 0 spiro atoms. The maximum Gasteiger partial charge on any atom is 0.239 e. The van der Waals surface area contributed by atoms with E-state index in [1.54, 1.807) is 11.6 Å². The van der Waals surface area contributed by atoms with E-state index in [1.165, 1.54) is 23.1 Å². The van der Waals surface area contributed by atoms with Crippen molar-refractivity contribution in [1.82, 2.24) is 25.2 Å². The van der Waals surface area contributed by atoms with Gasteiger partial charge in [0, 0.05) is 10.9 Å². The third-order valence-electron chi connectivity index (χ3n) is 4.29. The number of thiazole rings is 1. The molecule has 1 amide bonds. The van der Waals surface area contributed by atoms with Crippen LogP contribution in [0.15, 0.2) is 65.1 Å². The number of tetrazole rings is 1. The Morgan fingerprint density at radius 3 is 2.77 bits per heavy atom. The predicted octanol–water partition coefficient (Wildman–Crippen LogP) is 4.30. The number of para-hydroxylation sites is 2. The van der Waals surface area contributed by atoms with Crippen LogP contribution < -0.4 is 10.1 Å². The molecule has 1 N–H and O–H groups in total. The number of hydrogen-bond donors (Lipinski definition) is 1. The maximum atomic E-state index is 12.7. The summed E-state index contributed by atoms with van der Waals surface area (Å²) in [5.74, 6) is 0.499. The first-order valence-electron chi connectivity index (χ1n) is 9.64. The summed E-state index contributed by atoms with van der Waals surface area (Å²) < 4.78 is 7.25. The van der Waals surface area contributed by atoms with Gasteiger partial charge in [-0.15, -0.1) is 16.4 Å². The third kappa shape index (κ3) is 4.92. The molecule has 158 valence electrons. The summed E-state index contributed by atoms with van der Waals surface area (Å²) in [4.78, 5) is 17.2. The van der Waals surface area contributed by atoms with Crippen molar-refractivity contribution >= 4 is 34.1 Å². The highest BCUT2D eigenvalue weighted by molar-refractivity contribution is 8.00. The molecule has 4 aromatic rings. The molecule has 0 radical (unpaired) electrons. The average Bonchev–Trinajstić information content (AvgIpc) is 3.45. The average molecular weight is 453 g/mol. The van der Waals surface area contributed by atoms with Gasteiger partial charge in [0.15, 0.2) is 5.13 Å². The first-order chi connectivity index (χ1) is 15.2. The molecule has 0 aliphatic heterocycles. The summed E-state index contributed by atoms with van der Waals surface area (Å²) in [6, 6.07) is 17.3. The van der Waals surface area contributed by atoms with Gasteiger partial charge in [-0.1, -0.05) is 54.2 Å². The summed E-state index contributed by atoms with van der Waals surface area (Å²) in [5.41, 5.74) is 2.56. The van der Waals surface area contributed by atoms with E-state index in [0.717, 1.165) is 16.9 Å². The fourth-order valence-corrected chi connectivity index (χ4v) is 4.33. The Hall–Kier alpha value is -3.24. The highest BCUT2D eigenvalue weighted by Gasteiger charge is 2.21. The van der Waals surface area contributed by atoms with Crippen molar-refractivity contribution in [1.29, 1.82) is 0 Å². The van der Waals surface area contributed by atoms with Crippen LogP contribution in [-0.2, 0) is 4.79 Å². The normalized spacial score (nSPS) is 11.8. The second kappa shape index (κ2) is 9.71. The minimum absolute atomic E-state index is 0.174. The molecule has 2 heterocycles. The zero-order chi connectivity index (χ0) is 21.6. The van der Waals surface area contributed by atoms with E-state index < -0.39 is 5.25 Å². The monoisotopic (exact) mass is 452 g/mol. The Bertz CT molecular complexity index is 1160. The summed E-state index contributed by atoms with van der Waals surface area (Å²) in [6.45, 7) is 4.25. The van der Waals surface area contributed by atoms with Crippen LogP contribution in [0, 0.1) is 0 Å². The first kappa shape index (κ1) is 21.0. The quantitative estimate of drug-likeness (QED) is 0.398. The van der Waals surface area contributed by atoms with E-state index in [4.69, 9.17) is 4.74 Å². The van der Waals surface area contributed by atoms with E-state index in [1.807, 2.05) is 66.9 Å². The molecule has 0 aliphatic carbocycles. The number of rotatable bonds is 8. The van der Waals surface area contributed by atoms with Crippen molar-refractivity contribution < 1.29 is 9.53 Å². The second-order valence-electron chi connectivity index (χ2n) is 6.43. The fourth-order valence-electron chi connectivity index (χ4n) is 2.80. The Balaban J connectivity index is 1.45. The highest BCUT2D eigenvalue weighted by atomic mass is 32.2. The lowest BCUT2D eigenvalue weighted by Crippen LogP contribution is -2.22. The van der Waals surface area contributed by atoms with Crippen molar-refractivity contribution in [2.24, 2.45) is 0 Å². The highest BCUT2D eigenvalue weighted by Crippen LogP contribution is 2.29. The van der Waals surface area contributed by atoms with E-state index in [9.17, 15) is 4.79 Å². The number of carbonyl (C=O) groups excluding carboxylic acids is 1. The maximum absolute atomic E-state index is 12.7. The van der Waals surface area contributed by atoms with Crippen LogP contribution >= 0.6 is 23.1 Å². The molecule has 8 nitrogen and oxygen atoms in total. The van der Waals surface area contributed by atoms with Gasteiger partial charge < -0.3 is 10.1 Å². The smallest absolute Gasteiger partial charge is 0.239 e. The number of thioether (sulfide) groups is 1. The molecule has 0 bridgehead atoms. The van der Waals surface area contributed by atoms with E-state index in [0.29, 0.717) is 22.6 Å². The lowest BCUT2D eigenvalue weighted by Gasteiger charge is -2.12. The van der Waals surface area contributed by atoms with Crippen LogP contribution in [0.3, 0.4) is 0 Å². The van der Waals surface area contributed by atoms with Crippen LogP contribution in [0.1, 0.15) is 13.8 Å². The van der Waals surface area contributed by atoms with E-state index >= 15 is 0 Å². The van der Waals surface area contributed by atoms with Gasteiger partial charge in [-0.2, -0.15) is 4.68 Å². The lowest BCUT2D eigenvalue weighted by molar-refractivity contribution is -0.115. The molecule has 0 saturated carbocycles. The third-order valence-corrected chi connectivity index (χ3v) is 6.08. The van der Waals surface area contributed by atoms with Crippen LogP contribution in [0.5, 0.6) is 5.75 Å². The molecule has 31 heavy (non-hydrogen) atoms. The molecular weight excluding hydrogens is 432 g/mol. The van der Waals surface area contributed by atoms with Crippen molar-refractivity contribution in [3.05, 3.63) is 60.0 Å². The molecule has 0 saturated heterocycles. The predicted molar refractivity (Wildman–Crippen MR) is 122 cm³/mol. The molecular formula is C21H20N6O2S2. The number of benzene rings is 2. The number of hydrogen-bond acceptors (Lipinski definition) is 8. The number of amides is 1. The van der Waals surface area contributed by atoms with Gasteiger partial charge in [0.2, 0.25) is 11.1 Å². The van der Waals surface area contributed by atoms with Crippen molar-refractivity contribution in [3.8, 4) is 22.7 Å². The number of anilines is 1. The first-order valence-corrected chi connectivity index (χ1v) is 11.4. The molecule has 4 rings (SSSR count). The van der Waals surface area contributed by atoms with Gasteiger partial charge in [0.05, 0.1) is 17.6 Å². The lowest BCUT2D eigenvalue weighted by atomic mass is 10.2. The molecule has 1 unspecified atom stereocenters. The number of nitrogens with zero attached hydrogens (tertiary/aromatic N) is 5. The standard InChI is InChI=1S/C21H20N6O2S2/c1-3-29-18-12-8-7-11-17(18)27-21(24-25-26-27)31-14(2)19(28)23-20-22-16(13-30-20)15-9-5-4-6-10-15/h4-14H,3H2,1-2H3,(H,22,23,28). The summed E-state index contributed by atoms with van der Waals surface area (Å²) in [7, 11) is 0. The van der Waals surface area contributed by atoms with Crippen molar-refractivity contribution in [3.63, 3.8) is 0 Å². The van der Waals surface area contributed by atoms with Crippen LogP contribution in [0.2, 0.25) is 0 Å². The number of aromatic nitrogens is 5. The summed E-state index contributed by atoms with van der Waals surface area (Å²) >= 11 is 2.66. The Labute approximate surface area is 187 Å². The van der Waals surface area contributed by atoms with E-state index in [-0.39, 0.29) is 5.91 Å². The van der Waals surface area contributed by atoms with Gasteiger partial charge in [-0.3, -0.25) is 4.79 Å². The number of nitrogens with one attached hydrogen (secondary N) is 1. The Kier molecular flexibility index (Phi) is 6.58. The van der Waals surface area contributed by atoms with E-state index in [2.05, 4.69) is 25.8 Å². The topological polar surface area (TPSA) is 94.8 Å². The molecule has 2 aromatic carbocycles. The molecule has 10 heteroatoms. The Morgan fingerprint density at radius 1 is 1.19 bits per heavy atom. The molecule has 0 aliphatic rings. The zero-order valence-electron chi connectivity index (χ0n) is 16.9. The van der Waals surface area contributed by atoms with Crippen LogP contribution in [0.25, 0.3) is 16.9 Å². The van der Waals surface area contributed by atoms with Gasteiger partial charge >= 0.3 is 0 Å². The summed E-state index contributed by atoms with van der Waals surface area (Å²) in [6.07, 6.45) is 0. The minimum Gasteiger partial charge on any atom is -0.492 e. The van der Waals surface area contributed by atoms with Gasteiger partial charge in [0.25, 0.3) is 0 Å². The SMILES string of the molecule is CCOc1ccccc1-n1nnnc1SC(C)C(=O)Nc1nc(-c2ccccc2)cs1. The van der Waals surface area contributed by atoms with Gasteiger partial charge in [-0.05, 0) is 36.4 Å². The van der Waals surface area contributed by atoms with Gasteiger partial charge in [-0.25, -0.2) is 4.98 Å². The molecule has 0 fully saturated rings. The van der Waals surface area contributed by atoms with Crippen LogP contribution in [-0.4, -0.2) is 43.0 Å². The number of carbonyl (C=O) groups is 1. The number of ether oxygens (including phenoxy) is 1. The van der Waals surface area contributed by atoms with Crippen LogP contribution in [0.4, 0.5) is 5.13 Å². The fraction of sp³-hybridized carbons (Fsp3) is 0.190. The zero-order valence-corrected chi connectivity index (χ0v) is 18.6. The van der Waals surface area contributed by atoms with Crippen molar-refractivity contribution in [2.75, 3.05) is 11.9 Å². The second-order valence-corrected chi connectivity index (χ2v) is 8.59. The van der Waals surface area contributed by atoms with Gasteiger partial charge in [0.1, 0.15) is 11.4 Å². The molecule has 2 aromatic heterocycles.